The summed E-state index contributed by atoms with van der Waals surface area (Å²) in [6.45, 7) is 8.19. The molecule has 1 aliphatic rings. The van der Waals surface area contributed by atoms with Crippen LogP contribution in [0.15, 0.2) is 5.38 Å². The minimum Gasteiger partial charge on any atom is -0.297 e. The first-order valence-corrected chi connectivity index (χ1v) is 7.57. The lowest BCUT2D eigenvalue weighted by molar-refractivity contribution is -0.129. The average molecular weight is 266 g/mol. The molecule has 100 valence electrons. The molecule has 1 aromatic rings. The molecule has 2 rings (SSSR count). The van der Waals surface area contributed by atoms with Gasteiger partial charge in [0.25, 0.3) is 0 Å². The molecule has 1 fully saturated rings. The number of rotatable bonds is 4. The third-order valence-electron chi connectivity index (χ3n) is 3.84. The predicted octanol–water partition coefficient (Wildman–Crippen LogP) is 2.83. The van der Waals surface area contributed by atoms with E-state index in [1.54, 1.807) is 11.3 Å². The summed E-state index contributed by atoms with van der Waals surface area (Å²) in [5.41, 5.74) is 0.574. The number of nitrogens with zero attached hydrogens (tertiary/aromatic N) is 2. The number of carbonyl (C=O) groups excluding carboxylic acids is 1. The number of hydrogen-bond acceptors (Lipinski definition) is 4. The first kappa shape index (κ1) is 13.7. The van der Waals surface area contributed by atoms with E-state index in [1.165, 1.54) is 19.3 Å². The Kier molecular flexibility index (Phi) is 4.17. The maximum absolute atomic E-state index is 12.5. The number of hydrogen-bond donors (Lipinski definition) is 0. The van der Waals surface area contributed by atoms with Gasteiger partial charge in [-0.2, -0.15) is 0 Å². The minimum absolute atomic E-state index is 0.287. The van der Waals surface area contributed by atoms with Gasteiger partial charge in [0.1, 0.15) is 0 Å². The lowest BCUT2D eigenvalue weighted by atomic mass is 9.91. The quantitative estimate of drug-likeness (QED) is 0.840. The highest BCUT2D eigenvalue weighted by Gasteiger charge is 2.34. The van der Waals surface area contributed by atoms with Crippen LogP contribution in [0.25, 0.3) is 0 Å². The lowest BCUT2D eigenvalue weighted by Gasteiger charge is -2.39. The van der Waals surface area contributed by atoms with Crippen LogP contribution in [0, 0.1) is 6.92 Å². The zero-order valence-corrected chi connectivity index (χ0v) is 12.3. The molecule has 0 unspecified atom stereocenters. The maximum atomic E-state index is 12.5. The van der Waals surface area contributed by atoms with Crippen LogP contribution in [0.2, 0.25) is 0 Å². The van der Waals surface area contributed by atoms with Gasteiger partial charge in [-0.25, -0.2) is 4.98 Å². The van der Waals surface area contributed by atoms with Crippen molar-refractivity contribution in [2.75, 3.05) is 13.1 Å². The van der Waals surface area contributed by atoms with Crippen LogP contribution < -0.4 is 0 Å². The number of carbonyl (C=O) groups is 1. The SMILES string of the molecule is Cc1nc(CC(=O)C(C)(C)N2CCCCC2)cs1. The molecule has 0 bridgehead atoms. The van der Waals surface area contributed by atoms with Crippen molar-refractivity contribution in [3.63, 3.8) is 0 Å². The molecular formula is C14H22N2OS. The summed E-state index contributed by atoms with van der Waals surface area (Å²) in [6, 6.07) is 0. The molecule has 18 heavy (non-hydrogen) atoms. The summed E-state index contributed by atoms with van der Waals surface area (Å²) in [4.78, 5) is 19.2. The number of thiazole rings is 1. The molecule has 0 amide bonds. The van der Waals surface area contributed by atoms with Crippen LogP contribution in [0.5, 0.6) is 0 Å². The number of piperidine rings is 1. The highest BCUT2D eigenvalue weighted by atomic mass is 32.1. The van der Waals surface area contributed by atoms with Crippen LogP contribution in [0.1, 0.15) is 43.8 Å². The van der Waals surface area contributed by atoms with E-state index in [4.69, 9.17) is 0 Å². The van der Waals surface area contributed by atoms with Gasteiger partial charge >= 0.3 is 0 Å². The van der Waals surface area contributed by atoms with Crippen molar-refractivity contribution in [2.24, 2.45) is 0 Å². The van der Waals surface area contributed by atoms with E-state index in [9.17, 15) is 4.79 Å². The fraction of sp³-hybridized carbons (Fsp3) is 0.714. The summed E-state index contributed by atoms with van der Waals surface area (Å²) in [5.74, 6) is 0.287. The van der Waals surface area contributed by atoms with E-state index < -0.39 is 0 Å². The van der Waals surface area contributed by atoms with E-state index in [0.717, 1.165) is 23.8 Å². The van der Waals surface area contributed by atoms with E-state index in [2.05, 4.69) is 23.7 Å². The molecular weight excluding hydrogens is 244 g/mol. The Morgan fingerprint density at radius 2 is 2.06 bits per heavy atom. The Hall–Kier alpha value is -0.740. The molecule has 0 N–H and O–H groups in total. The van der Waals surface area contributed by atoms with Crippen molar-refractivity contribution in [3.05, 3.63) is 16.1 Å². The largest absolute Gasteiger partial charge is 0.297 e. The van der Waals surface area contributed by atoms with Crippen molar-refractivity contribution >= 4 is 17.1 Å². The zero-order chi connectivity index (χ0) is 13.2. The Morgan fingerprint density at radius 3 is 2.61 bits per heavy atom. The molecule has 1 aliphatic heterocycles. The molecule has 3 nitrogen and oxygen atoms in total. The fourth-order valence-corrected chi connectivity index (χ4v) is 3.11. The van der Waals surface area contributed by atoms with Gasteiger partial charge in [0.15, 0.2) is 5.78 Å². The molecule has 0 radical (unpaired) electrons. The second-order valence-electron chi connectivity index (χ2n) is 5.56. The Bertz CT molecular complexity index is 419. The van der Waals surface area contributed by atoms with Crippen LogP contribution in [0.3, 0.4) is 0 Å². The van der Waals surface area contributed by atoms with Crippen molar-refractivity contribution in [3.8, 4) is 0 Å². The summed E-state index contributed by atoms with van der Waals surface area (Å²) in [7, 11) is 0. The van der Waals surface area contributed by atoms with Crippen molar-refractivity contribution < 1.29 is 4.79 Å². The number of likely N-dealkylation sites (tertiary alicyclic amines) is 1. The van der Waals surface area contributed by atoms with Crippen LogP contribution in [-0.4, -0.2) is 34.3 Å². The molecule has 0 aliphatic carbocycles. The van der Waals surface area contributed by atoms with Crippen LogP contribution in [-0.2, 0) is 11.2 Å². The first-order chi connectivity index (χ1) is 8.50. The molecule has 2 heterocycles. The monoisotopic (exact) mass is 266 g/mol. The van der Waals surface area contributed by atoms with E-state index in [1.807, 2.05) is 12.3 Å². The molecule has 0 aromatic carbocycles. The standard InChI is InChI=1S/C14H22N2OS/c1-11-15-12(10-18-11)9-13(17)14(2,3)16-7-5-4-6-8-16/h10H,4-9H2,1-3H3. The van der Waals surface area contributed by atoms with Crippen molar-refractivity contribution in [1.82, 2.24) is 9.88 Å². The Morgan fingerprint density at radius 1 is 1.39 bits per heavy atom. The van der Waals surface area contributed by atoms with Crippen molar-refractivity contribution in [1.29, 1.82) is 0 Å². The number of aryl methyl sites for hydroxylation is 1. The molecule has 0 spiro atoms. The van der Waals surface area contributed by atoms with Gasteiger partial charge in [0.2, 0.25) is 0 Å². The van der Waals surface area contributed by atoms with Gasteiger partial charge in [-0.15, -0.1) is 11.3 Å². The van der Waals surface area contributed by atoms with Gasteiger partial charge in [-0.3, -0.25) is 9.69 Å². The Labute approximate surface area is 113 Å². The first-order valence-electron chi connectivity index (χ1n) is 6.69. The van der Waals surface area contributed by atoms with E-state index >= 15 is 0 Å². The van der Waals surface area contributed by atoms with Gasteiger partial charge in [0, 0.05) is 5.38 Å². The highest BCUT2D eigenvalue weighted by Crippen LogP contribution is 2.23. The number of aromatic nitrogens is 1. The predicted molar refractivity (Wildman–Crippen MR) is 75.1 cm³/mol. The van der Waals surface area contributed by atoms with Gasteiger partial charge < -0.3 is 0 Å². The third kappa shape index (κ3) is 2.98. The second kappa shape index (κ2) is 5.49. The summed E-state index contributed by atoms with van der Waals surface area (Å²) < 4.78 is 0. The van der Waals surface area contributed by atoms with Crippen molar-refractivity contribution in [2.45, 2.75) is 52.0 Å². The molecule has 0 atom stereocenters. The molecule has 0 saturated carbocycles. The van der Waals surface area contributed by atoms with Gasteiger partial charge in [-0.1, -0.05) is 6.42 Å². The van der Waals surface area contributed by atoms with Gasteiger partial charge in [0.05, 0.1) is 22.7 Å². The number of Topliss-reactive ketones (excluding diaryl/α,β-unsaturated/α-hetero) is 1. The maximum Gasteiger partial charge on any atom is 0.158 e. The van der Waals surface area contributed by atoms with E-state index in [-0.39, 0.29) is 11.3 Å². The molecule has 4 heteroatoms. The minimum atomic E-state index is -0.349. The van der Waals surface area contributed by atoms with Gasteiger partial charge in [-0.05, 0) is 46.7 Å². The Balaban J connectivity index is 2.02. The lowest BCUT2D eigenvalue weighted by Crippen LogP contribution is -2.52. The summed E-state index contributed by atoms with van der Waals surface area (Å²) in [6.07, 6.45) is 4.19. The van der Waals surface area contributed by atoms with E-state index in [0.29, 0.717) is 6.42 Å². The van der Waals surface area contributed by atoms with Crippen LogP contribution >= 0.6 is 11.3 Å². The molecule has 1 saturated heterocycles. The normalized spacial score (nSPS) is 17.9. The highest BCUT2D eigenvalue weighted by molar-refractivity contribution is 7.09. The zero-order valence-electron chi connectivity index (χ0n) is 11.5. The smallest absolute Gasteiger partial charge is 0.158 e. The molecule has 1 aromatic heterocycles. The summed E-state index contributed by atoms with van der Waals surface area (Å²) >= 11 is 1.62. The third-order valence-corrected chi connectivity index (χ3v) is 4.66. The second-order valence-corrected chi connectivity index (χ2v) is 6.63. The average Bonchev–Trinajstić information content (AvgIpc) is 2.76. The fourth-order valence-electron chi connectivity index (χ4n) is 2.50. The number of ketones is 1. The topological polar surface area (TPSA) is 33.2 Å². The summed E-state index contributed by atoms with van der Waals surface area (Å²) in [5, 5.41) is 3.04. The van der Waals surface area contributed by atoms with Crippen LogP contribution in [0.4, 0.5) is 0 Å².